The number of rotatable bonds is 1. The molecule has 0 fully saturated rings. The normalized spacial score (nSPS) is 10.8. The molecule has 14 heavy (non-hydrogen) atoms. The van der Waals surface area contributed by atoms with Crippen LogP contribution in [0.15, 0.2) is 22.8 Å². The fourth-order valence-electron chi connectivity index (χ4n) is 1.58. The van der Waals surface area contributed by atoms with E-state index in [1.807, 2.05) is 29.8 Å². The van der Waals surface area contributed by atoms with Crippen molar-refractivity contribution in [2.75, 3.05) is 0 Å². The molecule has 1 heterocycles. The summed E-state index contributed by atoms with van der Waals surface area (Å²) in [5.74, 6) is 0. The Bertz CT molecular complexity index is 518. The number of fused-ring (bicyclic) bond motifs is 1. The standard InChI is InChI=1S/C10H7BrClNO/c1-13-9-6(3-2-4-8(9)12)7(5-14)10(13)11/h2-5H,1H3. The first-order valence-electron chi connectivity index (χ1n) is 4.04. The predicted molar refractivity (Wildman–Crippen MR) is 61.0 cm³/mol. The van der Waals surface area contributed by atoms with E-state index >= 15 is 0 Å². The molecular weight excluding hydrogens is 265 g/mol. The number of aldehydes is 1. The minimum absolute atomic E-state index is 0.644. The number of aromatic nitrogens is 1. The molecule has 0 radical (unpaired) electrons. The van der Waals surface area contributed by atoms with Gasteiger partial charge in [-0.2, -0.15) is 0 Å². The van der Waals surface area contributed by atoms with Gasteiger partial charge in [0.2, 0.25) is 0 Å². The molecule has 0 aliphatic carbocycles. The molecule has 0 amide bonds. The van der Waals surface area contributed by atoms with Crippen LogP contribution in [0, 0.1) is 0 Å². The number of nitrogens with zero attached hydrogens (tertiary/aromatic N) is 1. The first kappa shape index (κ1) is 9.74. The van der Waals surface area contributed by atoms with E-state index in [1.165, 1.54) is 0 Å². The van der Waals surface area contributed by atoms with Crippen LogP contribution in [-0.2, 0) is 7.05 Å². The lowest BCUT2D eigenvalue weighted by atomic mass is 10.2. The molecule has 0 saturated heterocycles. The van der Waals surface area contributed by atoms with Crippen molar-refractivity contribution in [1.82, 2.24) is 4.57 Å². The third kappa shape index (κ3) is 1.20. The highest BCUT2D eigenvalue weighted by molar-refractivity contribution is 9.10. The molecule has 2 nitrogen and oxygen atoms in total. The Morgan fingerprint density at radius 2 is 2.21 bits per heavy atom. The Balaban J connectivity index is 3.02. The maximum atomic E-state index is 10.9. The second kappa shape index (κ2) is 3.41. The number of hydrogen-bond donors (Lipinski definition) is 0. The highest BCUT2D eigenvalue weighted by atomic mass is 79.9. The van der Waals surface area contributed by atoms with E-state index in [2.05, 4.69) is 15.9 Å². The molecule has 4 heteroatoms. The predicted octanol–water partition coefficient (Wildman–Crippen LogP) is 3.41. The van der Waals surface area contributed by atoms with Gasteiger partial charge in [-0.15, -0.1) is 0 Å². The Labute approximate surface area is 94.6 Å². The molecule has 2 rings (SSSR count). The van der Waals surface area contributed by atoms with Crippen LogP contribution < -0.4 is 0 Å². The van der Waals surface area contributed by atoms with E-state index < -0.39 is 0 Å². The van der Waals surface area contributed by atoms with Gasteiger partial charge in [0.1, 0.15) is 0 Å². The fraction of sp³-hybridized carbons (Fsp3) is 0.100. The van der Waals surface area contributed by atoms with E-state index in [9.17, 15) is 4.79 Å². The van der Waals surface area contributed by atoms with Gasteiger partial charge in [0.05, 0.1) is 20.7 Å². The summed E-state index contributed by atoms with van der Waals surface area (Å²) in [4.78, 5) is 10.9. The third-order valence-corrected chi connectivity index (χ3v) is 3.51. The van der Waals surface area contributed by atoms with Crippen molar-refractivity contribution in [3.8, 4) is 0 Å². The van der Waals surface area contributed by atoms with Gasteiger partial charge in [0.15, 0.2) is 6.29 Å². The molecule has 0 aliphatic rings. The molecule has 0 saturated carbocycles. The van der Waals surface area contributed by atoms with Gasteiger partial charge in [-0.25, -0.2) is 0 Å². The van der Waals surface area contributed by atoms with Crippen LogP contribution >= 0.6 is 27.5 Å². The molecule has 1 aromatic carbocycles. The average molecular weight is 273 g/mol. The lowest BCUT2D eigenvalue weighted by Gasteiger charge is -1.98. The minimum atomic E-state index is 0.644. The molecular formula is C10H7BrClNO. The molecule has 72 valence electrons. The molecule has 0 unspecified atom stereocenters. The first-order valence-corrected chi connectivity index (χ1v) is 5.21. The number of carbonyl (C=O) groups excluding carboxylic acids is 1. The van der Waals surface area contributed by atoms with E-state index in [4.69, 9.17) is 11.6 Å². The number of halogens is 2. The van der Waals surface area contributed by atoms with E-state index in [0.717, 1.165) is 21.8 Å². The lowest BCUT2D eigenvalue weighted by molar-refractivity contribution is 0.112. The molecule has 0 N–H and O–H groups in total. The van der Waals surface area contributed by atoms with Crippen LogP contribution in [0.2, 0.25) is 5.02 Å². The highest BCUT2D eigenvalue weighted by Crippen LogP contribution is 2.32. The summed E-state index contributed by atoms with van der Waals surface area (Å²) in [5, 5.41) is 1.53. The van der Waals surface area contributed by atoms with Crippen LogP contribution in [0.3, 0.4) is 0 Å². The van der Waals surface area contributed by atoms with Crippen molar-refractivity contribution in [2.45, 2.75) is 0 Å². The third-order valence-electron chi connectivity index (χ3n) is 2.25. The smallest absolute Gasteiger partial charge is 0.153 e. The molecule has 0 spiro atoms. The fourth-order valence-corrected chi connectivity index (χ4v) is 2.36. The summed E-state index contributed by atoms with van der Waals surface area (Å²) in [6, 6.07) is 5.53. The van der Waals surface area contributed by atoms with Crippen molar-refractivity contribution in [3.63, 3.8) is 0 Å². The van der Waals surface area contributed by atoms with Gasteiger partial charge < -0.3 is 4.57 Å². The summed E-state index contributed by atoms with van der Waals surface area (Å²) in [6.07, 6.45) is 0.836. The summed E-state index contributed by atoms with van der Waals surface area (Å²) in [5.41, 5.74) is 1.52. The molecule has 0 atom stereocenters. The van der Waals surface area contributed by atoms with Crippen molar-refractivity contribution < 1.29 is 4.79 Å². The van der Waals surface area contributed by atoms with Crippen molar-refractivity contribution in [3.05, 3.63) is 33.4 Å². The number of benzene rings is 1. The quantitative estimate of drug-likeness (QED) is 0.729. The van der Waals surface area contributed by atoms with Crippen LogP contribution in [0.1, 0.15) is 10.4 Å². The zero-order valence-electron chi connectivity index (χ0n) is 7.42. The van der Waals surface area contributed by atoms with Crippen LogP contribution in [0.4, 0.5) is 0 Å². The Morgan fingerprint density at radius 1 is 1.50 bits per heavy atom. The van der Waals surface area contributed by atoms with Crippen molar-refractivity contribution in [2.24, 2.45) is 7.05 Å². The van der Waals surface area contributed by atoms with Crippen molar-refractivity contribution >= 4 is 44.7 Å². The first-order chi connectivity index (χ1) is 6.66. The van der Waals surface area contributed by atoms with Gasteiger partial charge in [0.25, 0.3) is 0 Å². The monoisotopic (exact) mass is 271 g/mol. The lowest BCUT2D eigenvalue weighted by Crippen LogP contribution is -1.87. The summed E-state index contributed by atoms with van der Waals surface area (Å²) >= 11 is 9.41. The van der Waals surface area contributed by atoms with Crippen LogP contribution in [0.5, 0.6) is 0 Å². The Morgan fingerprint density at radius 3 is 2.86 bits per heavy atom. The SMILES string of the molecule is Cn1c(Br)c(C=O)c2cccc(Cl)c21. The second-order valence-corrected chi connectivity index (χ2v) is 4.18. The summed E-state index contributed by atoms with van der Waals surface area (Å²) < 4.78 is 2.62. The van der Waals surface area contributed by atoms with Gasteiger partial charge in [0, 0.05) is 12.4 Å². The van der Waals surface area contributed by atoms with Crippen molar-refractivity contribution in [1.29, 1.82) is 0 Å². The van der Waals surface area contributed by atoms with Crippen LogP contribution in [-0.4, -0.2) is 10.9 Å². The molecule has 1 aromatic heterocycles. The molecule has 0 bridgehead atoms. The topological polar surface area (TPSA) is 22.0 Å². The number of hydrogen-bond acceptors (Lipinski definition) is 1. The maximum absolute atomic E-state index is 10.9. The summed E-state index contributed by atoms with van der Waals surface area (Å²) in [7, 11) is 1.87. The van der Waals surface area contributed by atoms with E-state index in [0.29, 0.717) is 10.6 Å². The number of aryl methyl sites for hydroxylation is 1. The van der Waals surface area contributed by atoms with Gasteiger partial charge in [-0.1, -0.05) is 23.7 Å². The largest absolute Gasteiger partial charge is 0.337 e. The molecule has 2 aromatic rings. The number of para-hydroxylation sites is 1. The van der Waals surface area contributed by atoms with Crippen LogP contribution in [0.25, 0.3) is 10.9 Å². The average Bonchev–Trinajstić information content (AvgIpc) is 2.41. The van der Waals surface area contributed by atoms with Gasteiger partial charge in [-0.05, 0) is 22.0 Å². The van der Waals surface area contributed by atoms with E-state index in [-0.39, 0.29) is 0 Å². The maximum Gasteiger partial charge on any atom is 0.153 e. The Kier molecular flexibility index (Phi) is 2.37. The molecule has 0 aliphatic heterocycles. The highest BCUT2D eigenvalue weighted by Gasteiger charge is 2.13. The van der Waals surface area contributed by atoms with E-state index in [1.54, 1.807) is 0 Å². The zero-order valence-corrected chi connectivity index (χ0v) is 9.76. The van der Waals surface area contributed by atoms with Gasteiger partial charge >= 0.3 is 0 Å². The summed E-state index contributed by atoms with van der Waals surface area (Å²) in [6.45, 7) is 0. The zero-order chi connectivity index (χ0) is 10.3. The minimum Gasteiger partial charge on any atom is -0.337 e. The van der Waals surface area contributed by atoms with Gasteiger partial charge in [-0.3, -0.25) is 4.79 Å². The Hall–Kier alpha value is -0.800. The second-order valence-electron chi connectivity index (χ2n) is 3.02. The number of carbonyl (C=O) groups is 1.